The molecule has 0 radical (unpaired) electrons. The summed E-state index contributed by atoms with van der Waals surface area (Å²) >= 11 is 0. The quantitative estimate of drug-likeness (QED) is 0.625. The Balaban J connectivity index is 1.89. The fraction of sp³-hybridized carbons (Fsp3) is 0.350. The van der Waals surface area contributed by atoms with Crippen LogP contribution in [0.1, 0.15) is 32.1 Å². The lowest BCUT2D eigenvalue weighted by molar-refractivity contribution is -0.130. The highest BCUT2D eigenvalue weighted by atomic mass is 19.2. The summed E-state index contributed by atoms with van der Waals surface area (Å²) in [6.07, 6.45) is 0. The highest BCUT2D eigenvalue weighted by molar-refractivity contribution is 6.43. The molecule has 7 nitrogen and oxygen atoms in total. The summed E-state index contributed by atoms with van der Waals surface area (Å²) in [5.41, 5.74) is 1.20. The Kier molecular flexibility index (Phi) is 5.78. The van der Waals surface area contributed by atoms with Gasteiger partial charge in [-0.3, -0.25) is 14.4 Å². The SMILES string of the molecule is Cc1c(C(=O)C(=O)N2CCOCC2)c(C)n(C)c1C(=O)Nc1ccc(F)c(F)c1. The highest BCUT2D eigenvalue weighted by Crippen LogP contribution is 2.24. The molecule has 2 heterocycles. The molecule has 3 rings (SSSR count). The van der Waals surface area contributed by atoms with Crippen molar-refractivity contribution in [3.05, 3.63) is 52.3 Å². The maximum Gasteiger partial charge on any atom is 0.295 e. The molecular formula is C20H21F2N3O4. The van der Waals surface area contributed by atoms with E-state index in [9.17, 15) is 23.2 Å². The minimum atomic E-state index is -1.09. The van der Waals surface area contributed by atoms with E-state index >= 15 is 0 Å². The van der Waals surface area contributed by atoms with Gasteiger partial charge in [0.05, 0.1) is 18.8 Å². The third-order valence-corrected chi connectivity index (χ3v) is 5.04. The van der Waals surface area contributed by atoms with E-state index in [0.717, 1.165) is 12.1 Å². The molecule has 29 heavy (non-hydrogen) atoms. The molecule has 154 valence electrons. The number of carbonyl (C=O) groups excluding carboxylic acids is 3. The first kappa shape index (κ1) is 20.7. The van der Waals surface area contributed by atoms with Gasteiger partial charge in [0, 0.05) is 37.6 Å². The summed E-state index contributed by atoms with van der Waals surface area (Å²) < 4.78 is 33.2. The van der Waals surface area contributed by atoms with E-state index in [1.165, 1.54) is 15.5 Å². The number of benzene rings is 1. The van der Waals surface area contributed by atoms with Crippen molar-refractivity contribution in [1.29, 1.82) is 0 Å². The summed E-state index contributed by atoms with van der Waals surface area (Å²) in [6, 6.07) is 3.01. The predicted octanol–water partition coefficient (Wildman–Crippen LogP) is 2.21. The van der Waals surface area contributed by atoms with Crippen LogP contribution in [0.25, 0.3) is 0 Å². The van der Waals surface area contributed by atoms with Crippen molar-refractivity contribution in [2.75, 3.05) is 31.6 Å². The van der Waals surface area contributed by atoms with Crippen LogP contribution < -0.4 is 5.32 Å². The van der Waals surface area contributed by atoms with Gasteiger partial charge in [-0.2, -0.15) is 0 Å². The number of rotatable bonds is 4. The standard InChI is InChI=1S/C20H21F2N3O4/c1-11-16(18(26)20(28)25-6-8-29-9-7-25)12(2)24(3)17(11)19(27)23-13-4-5-14(21)15(22)10-13/h4-5,10H,6-9H2,1-3H3,(H,23,27). The minimum absolute atomic E-state index is 0.0735. The van der Waals surface area contributed by atoms with Crippen LogP contribution in [0, 0.1) is 25.5 Å². The highest BCUT2D eigenvalue weighted by Gasteiger charge is 2.31. The van der Waals surface area contributed by atoms with Gasteiger partial charge in [0.1, 0.15) is 5.69 Å². The second-order valence-corrected chi connectivity index (χ2v) is 6.81. The number of carbonyl (C=O) groups is 3. The van der Waals surface area contributed by atoms with E-state index in [-0.39, 0.29) is 16.9 Å². The average molecular weight is 405 g/mol. The monoisotopic (exact) mass is 405 g/mol. The molecule has 0 unspecified atom stereocenters. The molecule has 0 atom stereocenters. The Labute approximate surface area is 166 Å². The van der Waals surface area contributed by atoms with Gasteiger partial charge < -0.3 is 19.5 Å². The summed E-state index contributed by atoms with van der Waals surface area (Å²) in [6.45, 7) is 4.62. The second kappa shape index (κ2) is 8.12. The fourth-order valence-corrected chi connectivity index (χ4v) is 3.42. The number of aromatic nitrogens is 1. The number of amides is 2. The number of anilines is 1. The molecular weight excluding hydrogens is 384 g/mol. The van der Waals surface area contributed by atoms with E-state index < -0.39 is 29.2 Å². The fourth-order valence-electron chi connectivity index (χ4n) is 3.42. The van der Waals surface area contributed by atoms with Gasteiger partial charge in [0.25, 0.3) is 17.6 Å². The summed E-state index contributed by atoms with van der Waals surface area (Å²) in [4.78, 5) is 39.6. The first-order chi connectivity index (χ1) is 13.7. The molecule has 2 amide bonds. The Hall–Kier alpha value is -3.07. The first-order valence-electron chi connectivity index (χ1n) is 9.06. The van der Waals surface area contributed by atoms with E-state index in [4.69, 9.17) is 4.74 Å². The number of ether oxygens (including phenoxy) is 1. The zero-order chi connectivity index (χ0) is 21.3. The molecule has 0 aliphatic carbocycles. The number of nitrogens with one attached hydrogen (secondary N) is 1. The maximum atomic E-state index is 13.4. The van der Waals surface area contributed by atoms with Gasteiger partial charge in [-0.25, -0.2) is 8.78 Å². The van der Waals surface area contributed by atoms with E-state index in [1.807, 2.05) is 0 Å². The van der Waals surface area contributed by atoms with Gasteiger partial charge in [-0.1, -0.05) is 0 Å². The van der Waals surface area contributed by atoms with Crippen molar-refractivity contribution in [3.63, 3.8) is 0 Å². The van der Waals surface area contributed by atoms with Gasteiger partial charge in [-0.05, 0) is 31.5 Å². The topological polar surface area (TPSA) is 80.6 Å². The third kappa shape index (κ3) is 3.91. The molecule has 1 N–H and O–H groups in total. The second-order valence-electron chi connectivity index (χ2n) is 6.81. The Morgan fingerprint density at radius 2 is 1.72 bits per heavy atom. The van der Waals surface area contributed by atoms with Gasteiger partial charge in [0.15, 0.2) is 11.6 Å². The van der Waals surface area contributed by atoms with E-state index in [2.05, 4.69) is 5.32 Å². The van der Waals surface area contributed by atoms with Crippen LogP contribution in [0.15, 0.2) is 18.2 Å². The smallest absolute Gasteiger partial charge is 0.295 e. The molecule has 9 heteroatoms. The maximum absolute atomic E-state index is 13.4. The van der Waals surface area contributed by atoms with Crippen LogP contribution in [0.3, 0.4) is 0 Å². The molecule has 2 aromatic rings. The van der Waals surface area contributed by atoms with Crippen LogP contribution in [-0.2, 0) is 16.6 Å². The van der Waals surface area contributed by atoms with E-state index in [1.54, 1.807) is 20.9 Å². The van der Waals surface area contributed by atoms with E-state index in [0.29, 0.717) is 37.6 Å². The van der Waals surface area contributed by atoms with Crippen LogP contribution in [0.4, 0.5) is 14.5 Å². The molecule has 1 saturated heterocycles. The Morgan fingerprint density at radius 1 is 1.07 bits per heavy atom. The number of ketones is 1. The first-order valence-corrected chi connectivity index (χ1v) is 9.06. The lowest BCUT2D eigenvalue weighted by Crippen LogP contribution is -2.44. The van der Waals surface area contributed by atoms with Gasteiger partial charge in [-0.15, -0.1) is 0 Å². The van der Waals surface area contributed by atoms with Crippen molar-refractivity contribution in [1.82, 2.24) is 9.47 Å². The lowest BCUT2D eigenvalue weighted by Gasteiger charge is -2.26. The zero-order valence-corrected chi connectivity index (χ0v) is 16.3. The minimum Gasteiger partial charge on any atom is -0.378 e. The van der Waals surface area contributed by atoms with Crippen molar-refractivity contribution in [2.45, 2.75) is 13.8 Å². The molecule has 0 spiro atoms. The Bertz CT molecular complexity index is 994. The van der Waals surface area contributed by atoms with Crippen molar-refractivity contribution in [2.24, 2.45) is 7.05 Å². The van der Waals surface area contributed by atoms with Crippen molar-refractivity contribution >= 4 is 23.3 Å². The molecule has 1 aromatic carbocycles. The van der Waals surface area contributed by atoms with Crippen LogP contribution in [0.5, 0.6) is 0 Å². The Morgan fingerprint density at radius 3 is 2.34 bits per heavy atom. The normalized spacial score (nSPS) is 14.0. The van der Waals surface area contributed by atoms with Crippen molar-refractivity contribution < 1.29 is 27.9 Å². The molecule has 0 bridgehead atoms. The van der Waals surface area contributed by atoms with Crippen molar-refractivity contribution in [3.8, 4) is 0 Å². The zero-order valence-electron chi connectivity index (χ0n) is 16.3. The number of Topliss-reactive ketones (excluding diaryl/α,β-unsaturated/α-hetero) is 1. The molecule has 1 fully saturated rings. The van der Waals surface area contributed by atoms with Crippen LogP contribution in [-0.4, -0.2) is 53.4 Å². The summed E-state index contributed by atoms with van der Waals surface area (Å²) in [7, 11) is 1.60. The summed E-state index contributed by atoms with van der Waals surface area (Å²) in [5, 5.41) is 2.49. The number of hydrogen-bond acceptors (Lipinski definition) is 4. The van der Waals surface area contributed by atoms with Gasteiger partial charge >= 0.3 is 0 Å². The molecule has 0 saturated carbocycles. The largest absolute Gasteiger partial charge is 0.378 e. The third-order valence-electron chi connectivity index (χ3n) is 5.04. The number of halogens is 2. The molecule has 1 aromatic heterocycles. The van der Waals surface area contributed by atoms with Crippen LogP contribution >= 0.6 is 0 Å². The average Bonchev–Trinajstić information content (AvgIpc) is 2.93. The lowest BCUT2D eigenvalue weighted by atomic mass is 10.0. The van der Waals surface area contributed by atoms with Crippen LogP contribution in [0.2, 0.25) is 0 Å². The number of morpholine rings is 1. The summed E-state index contributed by atoms with van der Waals surface area (Å²) in [5.74, 6) is -4.04. The predicted molar refractivity (Wildman–Crippen MR) is 101 cm³/mol. The number of nitrogens with zero attached hydrogens (tertiary/aromatic N) is 2. The van der Waals surface area contributed by atoms with Gasteiger partial charge in [0.2, 0.25) is 0 Å². The number of hydrogen-bond donors (Lipinski definition) is 1. The molecule has 1 aliphatic heterocycles. The molecule has 1 aliphatic rings.